The van der Waals surface area contributed by atoms with E-state index < -0.39 is 30.4 Å². The second-order valence-electron chi connectivity index (χ2n) is 4.33. The number of esters is 1. The third-order valence-electron chi connectivity index (χ3n) is 2.98. The van der Waals surface area contributed by atoms with E-state index in [9.17, 15) is 15.0 Å². The Morgan fingerprint density at radius 1 is 1.33 bits per heavy atom. The van der Waals surface area contributed by atoms with E-state index in [0.29, 0.717) is 5.56 Å². The molecular weight excluding hydrogens is 236 g/mol. The van der Waals surface area contributed by atoms with Crippen molar-refractivity contribution in [3.8, 4) is 0 Å². The molecule has 0 amide bonds. The molecule has 98 valence electrons. The summed E-state index contributed by atoms with van der Waals surface area (Å²) in [4.78, 5) is 11.8. The number of aliphatic hydroxyl groups is 2. The van der Waals surface area contributed by atoms with Crippen molar-refractivity contribution in [2.75, 3.05) is 6.61 Å². The van der Waals surface area contributed by atoms with Crippen molar-refractivity contribution in [3.63, 3.8) is 0 Å². The number of benzene rings is 1. The minimum Gasteiger partial charge on any atom is -0.453 e. The first-order chi connectivity index (χ1) is 8.59. The molecule has 4 unspecified atom stereocenters. The van der Waals surface area contributed by atoms with Crippen molar-refractivity contribution in [1.82, 2.24) is 0 Å². The smallest absolute Gasteiger partial charge is 0.338 e. The third-order valence-corrected chi connectivity index (χ3v) is 2.98. The fourth-order valence-corrected chi connectivity index (χ4v) is 1.87. The maximum Gasteiger partial charge on any atom is 0.338 e. The SMILES string of the molecule is CC1OCC(O)C(O)C1OC(=O)c1ccccc1. The highest BCUT2D eigenvalue weighted by Gasteiger charge is 2.39. The van der Waals surface area contributed by atoms with Crippen LogP contribution < -0.4 is 0 Å². The number of carbonyl (C=O) groups excluding carboxylic acids is 1. The zero-order chi connectivity index (χ0) is 13.1. The molecule has 1 aromatic rings. The van der Waals surface area contributed by atoms with E-state index in [4.69, 9.17) is 9.47 Å². The van der Waals surface area contributed by atoms with Gasteiger partial charge in [-0.05, 0) is 19.1 Å². The summed E-state index contributed by atoms with van der Waals surface area (Å²) in [6, 6.07) is 8.49. The summed E-state index contributed by atoms with van der Waals surface area (Å²) in [5.74, 6) is -0.538. The summed E-state index contributed by atoms with van der Waals surface area (Å²) in [6.07, 6.45) is -3.46. The van der Waals surface area contributed by atoms with Gasteiger partial charge < -0.3 is 19.7 Å². The lowest BCUT2D eigenvalue weighted by atomic mass is 10.0. The first-order valence-electron chi connectivity index (χ1n) is 5.83. The Balaban J connectivity index is 2.06. The van der Waals surface area contributed by atoms with Gasteiger partial charge in [0, 0.05) is 0 Å². The molecule has 5 heteroatoms. The summed E-state index contributed by atoms with van der Waals surface area (Å²) in [6.45, 7) is 1.74. The van der Waals surface area contributed by atoms with Crippen molar-refractivity contribution < 1.29 is 24.5 Å². The Morgan fingerprint density at radius 2 is 2.00 bits per heavy atom. The van der Waals surface area contributed by atoms with Gasteiger partial charge in [-0.15, -0.1) is 0 Å². The van der Waals surface area contributed by atoms with E-state index in [1.807, 2.05) is 0 Å². The van der Waals surface area contributed by atoms with Crippen LogP contribution in [0.15, 0.2) is 30.3 Å². The molecule has 4 atom stereocenters. The fourth-order valence-electron chi connectivity index (χ4n) is 1.87. The lowest BCUT2D eigenvalue weighted by Gasteiger charge is -2.35. The highest BCUT2D eigenvalue weighted by molar-refractivity contribution is 5.89. The molecular formula is C13H16O5. The molecule has 0 aromatic heterocycles. The number of carbonyl (C=O) groups is 1. The van der Waals surface area contributed by atoms with E-state index in [1.54, 1.807) is 37.3 Å². The number of hydrogen-bond donors (Lipinski definition) is 2. The molecule has 0 spiro atoms. The monoisotopic (exact) mass is 252 g/mol. The van der Waals surface area contributed by atoms with Crippen molar-refractivity contribution in [2.45, 2.75) is 31.3 Å². The molecule has 1 fully saturated rings. The summed E-state index contributed by atoms with van der Waals surface area (Å²) < 4.78 is 10.4. The van der Waals surface area contributed by atoms with Crippen LogP contribution in [0.2, 0.25) is 0 Å². The van der Waals surface area contributed by atoms with E-state index in [0.717, 1.165) is 0 Å². The van der Waals surface area contributed by atoms with Gasteiger partial charge in [-0.3, -0.25) is 0 Å². The Morgan fingerprint density at radius 3 is 2.67 bits per heavy atom. The summed E-state index contributed by atoms with van der Waals surface area (Å²) in [5, 5.41) is 19.3. The Bertz CT molecular complexity index is 405. The average molecular weight is 252 g/mol. The molecule has 1 aliphatic heterocycles. The Kier molecular flexibility index (Phi) is 3.96. The van der Waals surface area contributed by atoms with Gasteiger partial charge >= 0.3 is 5.97 Å². The molecule has 18 heavy (non-hydrogen) atoms. The van der Waals surface area contributed by atoms with Crippen LogP contribution in [0.4, 0.5) is 0 Å². The molecule has 2 N–H and O–H groups in total. The van der Waals surface area contributed by atoms with Crippen LogP contribution in [0, 0.1) is 0 Å². The van der Waals surface area contributed by atoms with Crippen LogP contribution in [-0.4, -0.2) is 47.2 Å². The van der Waals surface area contributed by atoms with Crippen molar-refractivity contribution >= 4 is 5.97 Å². The Labute approximate surface area is 105 Å². The minimum atomic E-state index is -1.12. The van der Waals surface area contributed by atoms with Crippen molar-refractivity contribution in [2.24, 2.45) is 0 Å². The molecule has 1 heterocycles. The van der Waals surface area contributed by atoms with Crippen molar-refractivity contribution in [1.29, 1.82) is 0 Å². The maximum absolute atomic E-state index is 11.8. The van der Waals surface area contributed by atoms with Crippen LogP contribution >= 0.6 is 0 Å². The van der Waals surface area contributed by atoms with Gasteiger partial charge in [0.2, 0.25) is 0 Å². The van der Waals surface area contributed by atoms with Gasteiger partial charge in [-0.25, -0.2) is 4.79 Å². The quantitative estimate of drug-likeness (QED) is 0.743. The molecule has 5 nitrogen and oxygen atoms in total. The number of aliphatic hydroxyl groups excluding tert-OH is 2. The van der Waals surface area contributed by atoms with Gasteiger partial charge in [0.1, 0.15) is 12.2 Å². The highest BCUT2D eigenvalue weighted by Crippen LogP contribution is 2.19. The predicted octanol–water partition coefficient (Wildman–Crippen LogP) is 0.352. The lowest BCUT2D eigenvalue weighted by molar-refractivity contribution is -0.182. The normalized spacial score (nSPS) is 31.9. The summed E-state index contributed by atoms with van der Waals surface area (Å²) in [7, 11) is 0. The second-order valence-corrected chi connectivity index (χ2v) is 4.33. The molecule has 0 radical (unpaired) electrons. The zero-order valence-corrected chi connectivity index (χ0v) is 10.0. The van der Waals surface area contributed by atoms with E-state index in [-0.39, 0.29) is 6.61 Å². The van der Waals surface area contributed by atoms with Gasteiger partial charge in [0.05, 0.1) is 18.3 Å². The van der Waals surface area contributed by atoms with E-state index in [2.05, 4.69) is 0 Å². The molecule has 1 aliphatic rings. The molecule has 0 bridgehead atoms. The molecule has 0 aliphatic carbocycles. The van der Waals surface area contributed by atoms with E-state index >= 15 is 0 Å². The van der Waals surface area contributed by atoms with Crippen LogP contribution in [0.5, 0.6) is 0 Å². The molecule has 1 aromatic carbocycles. The standard InChI is InChI=1S/C13H16O5/c1-8-12(11(15)10(14)7-17-8)18-13(16)9-5-3-2-4-6-9/h2-6,8,10-12,14-15H,7H2,1H3. The van der Waals surface area contributed by atoms with Gasteiger partial charge in [0.15, 0.2) is 6.10 Å². The zero-order valence-electron chi connectivity index (χ0n) is 10.0. The van der Waals surface area contributed by atoms with Crippen LogP contribution in [0.25, 0.3) is 0 Å². The van der Waals surface area contributed by atoms with Crippen molar-refractivity contribution in [3.05, 3.63) is 35.9 Å². The molecule has 0 saturated carbocycles. The minimum absolute atomic E-state index is 0.0434. The van der Waals surface area contributed by atoms with Gasteiger partial charge in [-0.2, -0.15) is 0 Å². The highest BCUT2D eigenvalue weighted by atomic mass is 16.6. The lowest BCUT2D eigenvalue weighted by Crippen LogP contribution is -2.53. The largest absolute Gasteiger partial charge is 0.453 e. The van der Waals surface area contributed by atoms with Crippen LogP contribution in [0.3, 0.4) is 0 Å². The van der Waals surface area contributed by atoms with Gasteiger partial charge in [-0.1, -0.05) is 18.2 Å². The summed E-state index contributed by atoms with van der Waals surface area (Å²) >= 11 is 0. The summed E-state index contributed by atoms with van der Waals surface area (Å²) in [5.41, 5.74) is 0.400. The van der Waals surface area contributed by atoms with Crippen LogP contribution in [0.1, 0.15) is 17.3 Å². The second kappa shape index (κ2) is 5.48. The first-order valence-corrected chi connectivity index (χ1v) is 5.83. The average Bonchev–Trinajstić information content (AvgIpc) is 2.40. The molecule has 2 rings (SSSR count). The predicted molar refractivity (Wildman–Crippen MR) is 63.1 cm³/mol. The number of rotatable bonds is 2. The Hall–Kier alpha value is -1.43. The maximum atomic E-state index is 11.8. The number of hydrogen-bond acceptors (Lipinski definition) is 5. The first kappa shape index (κ1) is 13.0. The van der Waals surface area contributed by atoms with Crippen LogP contribution in [-0.2, 0) is 9.47 Å². The van der Waals surface area contributed by atoms with E-state index in [1.165, 1.54) is 0 Å². The fraction of sp³-hybridized carbons (Fsp3) is 0.462. The van der Waals surface area contributed by atoms with Gasteiger partial charge in [0.25, 0.3) is 0 Å². The topological polar surface area (TPSA) is 76.0 Å². The molecule has 1 saturated heterocycles. The number of ether oxygens (including phenoxy) is 2. The third kappa shape index (κ3) is 2.69.